The van der Waals surface area contributed by atoms with Crippen molar-refractivity contribution in [3.05, 3.63) is 72.5 Å². The standard InChI is InChI=1S/C27H29N3O5S/c1-3-24(31)28-20-13-16-30(27(17-20)14-6-15-27)36(33,34)21-11-9-19(10-12-21)29-26(32)25-18(2)22-7-4-5-8-23(22)35-25/h3-5,7-12,20H,1,6,13-17H2,2H3,(H,28,31)(H,29,32). The van der Waals surface area contributed by atoms with E-state index in [0.29, 0.717) is 30.7 Å². The van der Waals surface area contributed by atoms with Crippen LogP contribution in [0.1, 0.15) is 48.2 Å². The summed E-state index contributed by atoms with van der Waals surface area (Å²) in [4.78, 5) is 24.8. The van der Waals surface area contributed by atoms with Crippen LogP contribution in [0.4, 0.5) is 5.69 Å². The van der Waals surface area contributed by atoms with Gasteiger partial charge in [-0.15, -0.1) is 0 Å². The maximum atomic E-state index is 13.6. The van der Waals surface area contributed by atoms with Crippen LogP contribution in [0.25, 0.3) is 11.0 Å². The Morgan fingerprint density at radius 2 is 1.86 bits per heavy atom. The minimum Gasteiger partial charge on any atom is -0.451 e. The number of piperidine rings is 1. The number of carbonyl (C=O) groups is 2. The quantitative estimate of drug-likeness (QED) is 0.482. The number of nitrogens with one attached hydrogen (secondary N) is 2. The first-order chi connectivity index (χ1) is 17.2. The Morgan fingerprint density at radius 3 is 2.50 bits per heavy atom. The molecule has 1 atom stereocenters. The van der Waals surface area contributed by atoms with Gasteiger partial charge in [-0.1, -0.05) is 24.8 Å². The molecule has 5 rings (SSSR count). The molecule has 8 nitrogen and oxygen atoms in total. The molecule has 1 saturated heterocycles. The molecule has 0 radical (unpaired) electrons. The van der Waals surface area contributed by atoms with Crippen LogP contribution < -0.4 is 10.6 Å². The van der Waals surface area contributed by atoms with Gasteiger partial charge in [-0.3, -0.25) is 9.59 Å². The predicted octanol–water partition coefficient (Wildman–Crippen LogP) is 4.37. The average molecular weight is 508 g/mol. The van der Waals surface area contributed by atoms with Gasteiger partial charge in [0.2, 0.25) is 15.9 Å². The largest absolute Gasteiger partial charge is 0.451 e. The molecule has 1 unspecified atom stereocenters. The number of fused-ring (bicyclic) bond motifs is 1. The summed E-state index contributed by atoms with van der Waals surface area (Å²) in [6.07, 6.45) is 4.89. The first-order valence-electron chi connectivity index (χ1n) is 12.1. The molecule has 1 saturated carbocycles. The summed E-state index contributed by atoms with van der Waals surface area (Å²) >= 11 is 0. The molecule has 2 fully saturated rings. The highest BCUT2D eigenvalue weighted by molar-refractivity contribution is 7.89. The zero-order chi connectivity index (χ0) is 25.5. The SMILES string of the molecule is C=CC(=O)NC1CCN(S(=O)(=O)c2ccc(NC(=O)c3oc4ccccc4c3C)cc2)C2(CCC2)C1. The minimum absolute atomic E-state index is 0.0680. The van der Waals surface area contributed by atoms with E-state index in [1.807, 2.05) is 31.2 Å². The molecule has 1 spiro atoms. The van der Waals surface area contributed by atoms with Gasteiger partial charge in [0.15, 0.2) is 5.76 Å². The molecule has 2 heterocycles. The van der Waals surface area contributed by atoms with Gasteiger partial charge in [-0.05, 0) is 75.4 Å². The van der Waals surface area contributed by atoms with Gasteiger partial charge in [-0.2, -0.15) is 4.31 Å². The number of para-hydroxylation sites is 1. The lowest BCUT2D eigenvalue weighted by atomic mass is 9.70. The normalized spacial score (nSPS) is 19.5. The second-order valence-corrected chi connectivity index (χ2v) is 11.5. The zero-order valence-electron chi connectivity index (χ0n) is 20.1. The highest BCUT2D eigenvalue weighted by Crippen LogP contribution is 2.47. The van der Waals surface area contributed by atoms with Crippen LogP contribution in [0.2, 0.25) is 0 Å². The number of hydrogen-bond donors (Lipinski definition) is 2. The Hall–Kier alpha value is -3.43. The van der Waals surface area contributed by atoms with Crippen molar-refractivity contribution in [2.45, 2.75) is 55.5 Å². The number of carbonyl (C=O) groups excluding carboxylic acids is 2. The van der Waals surface area contributed by atoms with E-state index in [-0.39, 0.29) is 22.6 Å². The molecule has 9 heteroatoms. The van der Waals surface area contributed by atoms with Crippen LogP contribution in [0.15, 0.2) is 70.5 Å². The molecule has 2 aromatic carbocycles. The van der Waals surface area contributed by atoms with Crippen LogP contribution in [0.3, 0.4) is 0 Å². The lowest BCUT2D eigenvalue weighted by Crippen LogP contribution is -2.63. The molecule has 3 aromatic rings. The summed E-state index contributed by atoms with van der Waals surface area (Å²) in [6.45, 7) is 5.67. The highest BCUT2D eigenvalue weighted by Gasteiger charge is 2.51. The van der Waals surface area contributed by atoms with Gasteiger partial charge in [0.05, 0.1) is 4.90 Å². The number of nitrogens with zero attached hydrogens (tertiary/aromatic N) is 1. The number of benzene rings is 2. The van der Waals surface area contributed by atoms with Crippen molar-refractivity contribution in [2.24, 2.45) is 0 Å². The molecule has 2 amide bonds. The third-order valence-corrected chi connectivity index (χ3v) is 9.42. The Kier molecular flexibility index (Phi) is 6.22. The van der Waals surface area contributed by atoms with E-state index >= 15 is 0 Å². The van der Waals surface area contributed by atoms with E-state index in [9.17, 15) is 18.0 Å². The van der Waals surface area contributed by atoms with Crippen molar-refractivity contribution >= 4 is 38.5 Å². The van der Waals surface area contributed by atoms with E-state index in [0.717, 1.165) is 30.2 Å². The molecule has 0 bridgehead atoms. The van der Waals surface area contributed by atoms with E-state index in [1.165, 1.54) is 18.2 Å². The predicted molar refractivity (Wildman–Crippen MR) is 137 cm³/mol. The molecule has 1 aliphatic heterocycles. The first kappa shape index (κ1) is 24.3. The van der Waals surface area contributed by atoms with Crippen LogP contribution in [0, 0.1) is 6.92 Å². The summed E-state index contributed by atoms with van der Waals surface area (Å²) in [7, 11) is -3.74. The summed E-state index contributed by atoms with van der Waals surface area (Å²) in [6, 6.07) is 13.6. The number of hydrogen-bond acceptors (Lipinski definition) is 5. The number of furan rings is 1. The summed E-state index contributed by atoms with van der Waals surface area (Å²) in [5, 5.41) is 6.60. The monoisotopic (exact) mass is 507 g/mol. The topological polar surface area (TPSA) is 109 Å². The van der Waals surface area contributed by atoms with Gasteiger partial charge in [0.1, 0.15) is 5.58 Å². The Bertz CT molecular complexity index is 1440. The number of sulfonamides is 1. The number of anilines is 1. The maximum Gasteiger partial charge on any atom is 0.291 e. The molecule has 36 heavy (non-hydrogen) atoms. The van der Waals surface area contributed by atoms with Crippen molar-refractivity contribution in [1.82, 2.24) is 9.62 Å². The fourth-order valence-electron chi connectivity index (χ4n) is 5.39. The van der Waals surface area contributed by atoms with Crippen LogP contribution in [0.5, 0.6) is 0 Å². The summed E-state index contributed by atoms with van der Waals surface area (Å²) in [5.74, 6) is -0.399. The zero-order valence-corrected chi connectivity index (χ0v) is 20.9. The van der Waals surface area contributed by atoms with Crippen molar-refractivity contribution < 1.29 is 22.4 Å². The van der Waals surface area contributed by atoms with E-state index in [4.69, 9.17) is 4.42 Å². The molecule has 1 aliphatic carbocycles. The van der Waals surface area contributed by atoms with Crippen molar-refractivity contribution in [3.8, 4) is 0 Å². The van der Waals surface area contributed by atoms with Gasteiger partial charge in [0, 0.05) is 34.8 Å². The molecular formula is C27H29N3O5S. The molecule has 1 aromatic heterocycles. The van der Waals surface area contributed by atoms with Crippen LogP contribution in [-0.2, 0) is 14.8 Å². The molecular weight excluding hydrogens is 478 g/mol. The lowest BCUT2D eigenvalue weighted by molar-refractivity contribution is -0.117. The van der Waals surface area contributed by atoms with Gasteiger partial charge in [-0.25, -0.2) is 8.42 Å². The van der Waals surface area contributed by atoms with E-state index in [2.05, 4.69) is 17.2 Å². The third-order valence-electron chi connectivity index (χ3n) is 7.40. The molecule has 2 aliphatic rings. The lowest BCUT2D eigenvalue weighted by Gasteiger charge is -2.54. The van der Waals surface area contributed by atoms with Crippen LogP contribution >= 0.6 is 0 Å². The van der Waals surface area contributed by atoms with Crippen molar-refractivity contribution in [1.29, 1.82) is 0 Å². The van der Waals surface area contributed by atoms with Gasteiger partial charge >= 0.3 is 0 Å². The number of aryl methyl sites for hydroxylation is 1. The Balaban J connectivity index is 1.32. The first-order valence-corrected chi connectivity index (χ1v) is 13.5. The summed E-state index contributed by atoms with van der Waals surface area (Å²) in [5.41, 5.74) is 1.39. The molecule has 188 valence electrons. The average Bonchev–Trinajstić information content (AvgIpc) is 3.20. The van der Waals surface area contributed by atoms with Gasteiger partial charge < -0.3 is 15.1 Å². The van der Waals surface area contributed by atoms with Crippen molar-refractivity contribution in [2.75, 3.05) is 11.9 Å². The van der Waals surface area contributed by atoms with Crippen molar-refractivity contribution in [3.63, 3.8) is 0 Å². The number of amides is 2. The Morgan fingerprint density at radius 1 is 1.14 bits per heavy atom. The summed E-state index contributed by atoms with van der Waals surface area (Å²) < 4.78 is 34.5. The Labute approximate surface area is 210 Å². The van der Waals surface area contributed by atoms with E-state index in [1.54, 1.807) is 16.4 Å². The third kappa shape index (κ3) is 4.22. The molecule has 2 N–H and O–H groups in total. The van der Waals surface area contributed by atoms with Crippen LogP contribution in [-0.4, -0.2) is 42.7 Å². The fourth-order valence-corrected chi connectivity index (χ4v) is 7.23. The second-order valence-electron chi connectivity index (χ2n) is 9.59. The smallest absolute Gasteiger partial charge is 0.291 e. The fraction of sp³-hybridized carbons (Fsp3) is 0.333. The second kappa shape index (κ2) is 9.22. The van der Waals surface area contributed by atoms with E-state index < -0.39 is 21.5 Å². The number of rotatable bonds is 6. The highest BCUT2D eigenvalue weighted by atomic mass is 32.2. The maximum absolute atomic E-state index is 13.6. The minimum atomic E-state index is -3.74. The van der Waals surface area contributed by atoms with Gasteiger partial charge in [0.25, 0.3) is 5.91 Å².